The fraction of sp³-hybridized carbons (Fsp3) is 0.500. The summed E-state index contributed by atoms with van der Waals surface area (Å²) in [6.07, 6.45) is 0.954. The number of likely N-dealkylation sites (tertiary alicyclic amines) is 1. The molecule has 1 fully saturated rings. The number of likely N-dealkylation sites (N-methyl/N-ethyl adjacent to an activating group) is 1. The lowest BCUT2D eigenvalue weighted by Gasteiger charge is -2.29. The summed E-state index contributed by atoms with van der Waals surface area (Å²) in [6.45, 7) is 9.44. The lowest BCUT2D eigenvalue weighted by Crippen LogP contribution is -2.41. The molecule has 0 spiro atoms. The number of hydrogen-bond acceptors (Lipinski definition) is 5. The maximum absolute atomic E-state index is 13.2. The molecule has 2 atom stereocenters. The molecule has 6 heteroatoms. The largest absolute Gasteiger partial charge is 0.497 e. The first kappa shape index (κ1) is 22.5. The van der Waals surface area contributed by atoms with E-state index < -0.39 is 0 Å². The van der Waals surface area contributed by atoms with Crippen LogP contribution in [-0.2, 0) is 4.79 Å². The molecule has 32 heavy (non-hydrogen) atoms. The van der Waals surface area contributed by atoms with Crippen LogP contribution in [0.2, 0.25) is 0 Å². The minimum absolute atomic E-state index is 0.179. The van der Waals surface area contributed by atoms with Crippen LogP contribution in [0.15, 0.2) is 42.5 Å². The van der Waals surface area contributed by atoms with Crippen molar-refractivity contribution in [2.24, 2.45) is 5.92 Å². The third kappa shape index (κ3) is 4.85. The summed E-state index contributed by atoms with van der Waals surface area (Å²) in [5.74, 6) is 3.44. The van der Waals surface area contributed by atoms with Crippen LogP contribution >= 0.6 is 0 Å². The second-order valence-electron chi connectivity index (χ2n) is 9.09. The molecule has 0 saturated carbocycles. The second-order valence-corrected chi connectivity index (χ2v) is 9.09. The van der Waals surface area contributed by atoms with E-state index in [9.17, 15) is 4.79 Å². The van der Waals surface area contributed by atoms with Crippen molar-refractivity contribution in [2.45, 2.75) is 39.2 Å². The van der Waals surface area contributed by atoms with Gasteiger partial charge >= 0.3 is 0 Å². The minimum Gasteiger partial charge on any atom is -0.497 e. The Balaban J connectivity index is 1.56. The average molecular weight is 439 g/mol. The molecule has 2 heterocycles. The number of amides is 1. The number of fused-ring (bicyclic) bond motifs is 1. The van der Waals surface area contributed by atoms with Crippen molar-refractivity contribution in [2.75, 3.05) is 40.1 Å². The Labute approximate surface area is 191 Å². The third-order valence-electron chi connectivity index (χ3n) is 6.43. The number of ether oxygens (including phenoxy) is 3. The Kier molecular flexibility index (Phi) is 6.89. The molecule has 0 unspecified atom stereocenters. The first-order valence-electron chi connectivity index (χ1n) is 11.5. The van der Waals surface area contributed by atoms with Crippen LogP contribution in [0.3, 0.4) is 0 Å². The van der Waals surface area contributed by atoms with E-state index in [1.54, 1.807) is 7.11 Å². The lowest BCUT2D eigenvalue weighted by atomic mass is 9.93. The fourth-order valence-corrected chi connectivity index (χ4v) is 4.78. The SMILES string of the molecule is CCN(CC(C)C)C(=O)CN1C[C@@H](c2ccc3c(c2)OCO3)C[C@@H]1c1ccc(OC)cc1. The number of carbonyl (C=O) groups excluding carboxylic acids is 1. The Morgan fingerprint density at radius 1 is 1.12 bits per heavy atom. The van der Waals surface area contributed by atoms with Crippen LogP contribution in [0, 0.1) is 5.92 Å². The van der Waals surface area contributed by atoms with Crippen molar-refractivity contribution in [1.82, 2.24) is 9.80 Å². The molecule has 2 aromatic carbocycles. The van der Waals surface area contributed by atoms with Gasteiger partial charge in [0.25, 0.3) is 0 Å². The van der Waals surface area contributed by atoms with E-state index in [1.807, 2.05) is 23.1 Å². The quantitative estimate of drug-likeness (QED) is 0.609. The highest BCUT2D eigenvalue weighted by Crippen LogP contribution is 2.43. The van der Waals surface area contributed by atoms with E-state index in [4.69, 9.17) is 14.2 Å². The standard InChI is InChI=1S/C26H34N2O4/c1-5-27(14-18(2)3)26(29)16-28-15-21(20-8-11-24-25(13-20)32-17-31-24)12-23(28)19-6-9-22(30-4)10-7-19/h6-11,13,18,21,23H,5,12,14-17H2,1-4H3/t21-,23+/m0/s1. The molecule has 0 radical (unpaired) electrons. The van der Waals surface area contributed by atoms with Gasteiger partial charge in [0.2, 0.25) is 12.7 Å². The van der Waals surface area contributed by atoms with Gasteiger partial charge in [0, 0.05) is 25.7 Å². The van der Waals surface area contributed by atoms with Crippen LogP contribution in [0.25, 0.3) is 0 Å². The summed E-state index contributed by atoms with van der Waals surface area (Å²) < 4.78 is 16.4. The zero-order valence-corrected chi connectivity index (χ0v) is 19.5. The highest BCUT2D eigenvalue weighted by molar-refractivity contribution is 5.78. The molecule has 2 aliphatic rings. The summed E-state index contributed by atoms with van der Waals surface area (Å²) in [5.41, 5.74) is 2.45. The van der Waals surface area contributed by atoms with Crippen molar-refractivity contribution in [1.29, 1.82) is 0 Å². The van der Waals surface area contributed by atoms with Crippen LogP contribution in [-0.4, -0.2) is 55.8 Å². The third-order valence-corrected chi connectivity index (χ3v) is 6.43. The molecule has 2 aliphatic heterocycles. The maximum Gasteiger partial charge on any atom is 0.236 e. The van der Waals surface area contributed by atoms with Gasteiger partial charge in [-0.2, -0.15) is 0 Å². The molecule has 1 saturated heterocycles. The topological polar surface area (TPSA) is 51.2 Å². The lowest BCUT2D eigenvalue weighted by molar-refractivity contribution is -0.133. The summed E-state index contributed by atoms with van der Waals surface area (Å²) in [4.78, 5) is 17.5. The van der Waals surface area contributed by atoms with Gasteiger partial charge in [0.15, 0.2) is 11.5 Å². The van der Waals surface area contributed by atoms with Gasteiger partial charge in [-0.3, -0.25) is 9.69 Å². The van der Waals surface area contributed by atoms with E-state index in [0.717, 1.165) is 43.3 Å². The van der Waals surface area contributed by atoms with Gasteiger partial charge in [-0.25, -0.2) is 0 Å². The number of carbonyl (C=O) groups is 1. The zero-order chi connectivity index (χ0) is 22.7. The van der Waals surface area contributed by atoms with Gasteiger partial charge in [-0.05, 0) is 60.6 Å². The molecule has 0 N–H and O–H groups in total. The van der Waals surface area contributed by atoms with Crippen LogP contribution in [0.1, 0.15) is 50.3 Å². The first-order chi connectivity index (χ1) is 15.5. The van der Waals surface area contributed by atoms with Gasteiger partial charge in [-0.1, -0.05) is 32.0 Å². The van der Waals surface area contributed by atoms with Gasteiger partial charge in [0.05, 0.1) is 13.7 Å². The molecule has 4 rings (SSSR count). The molecule has 2 aromatic rings. The zero-order valence-electron chi connectivity index (χ0n) is 19.5. The van der Waals surface area contributed by atoms with Crippen molar-refractivity contribution >= 4 is 5.91 Å². The fourth-order valence-electron chi connectivity index (χ4n) is 4.78. The Hall–Kier alpha value is -2.73. The van der Waals surface area contributed by atoms with Crippen molar-refractivity contribution in [3.8, 4) is 17.2 Å². The molecule has 0 aliphatic carbocycles. The summed E-state index contributed by atoms with van der Waals surface area (Å²) >= 11 is 0. The number of rotatable bonds is 8. The van der Waals surface area contributed by atoms with Crippen molar-refractivity contribution in [3.63, 3.8) is 0 Å². The van der Waals surface area contributed by atoms with Crippen LogP contribution in [0.5, 0.6) is 17.2 Å². The van der Waals surface area contributed by atoms with Crippen LogP contribution in [0.4, 0.5) is 0 Å². The number of hydrogen-bond donors (Lipinski definition) is 0. The van der Waals surface area contributed by atoms with Gasteiger partial charge in [-0.15, -0.1) is 0 Å². The normalized spacial score (nSPS) is 20.0. The molecule has 0 bridgehead atoms. The molecular formula is C26H34N2O4. The summed E-state index contributed by atoms with van der Waals surface area (Å²) in [5, 5.41) is 0. The summed E-state index contributed by atoms with van der Waals surface area (Å²) in [7, 11) is 1.68. The van der Waals surface area contributed by atoms with E-state index in [-0.39, 0.29) is 18.7 Å². The molecule has 0 aromatic heterocycles. The van der Waals surface area contributed by atoms with Crippen molar-refractivity contribution < 1.29 is 19.0 Å². The molecule has 6 nitrogen and oxygen atoms in total. The van der Waals surface area contributed by atoms with Crippen LogP contribution < -0.4 is 14.2 Å². The minimum atomic E-state index is 0.179. The Bertz CT molecular complexity index is 928. The highest BCUT2D eigenvalue weighted by Gasteiger charge is 2.36. The molecular weight excluding hydrogens is 404 g/mol. The number of benzene rings is 2. The molecule has 172 valence electrons. The Morgan fingerprint density at radius 2 is 1.84 bits per heavy atom. The predicted molar refractivity (Wildman–Crippen MR) is 124 cm³/mol. The van der Waals surface area contributed by atoms with Gasteiger partial charge in [0.1, 0.15) is 5.75 Å². The van der Waals surface area contributed by atoms with Gasteiger partial charge < -0.3 is 19.1 Å². The second kappa shape index (κ2) is 9.82. The predicted octanol–water partition coefficient (Wildman–Crippen LogP) is 4.46. The summed E-state index contributed by atoms with van der Waals surface area (Å²) in [6, 6.07) is 14.6. The van der Waals surface area contributed by atoms with E-state index in [2.05, 4.69) is 49.9 Å². The monoisotopic (exact) mass is 438 g/mol. The highest BCUT2D eigenvalue weighted by atomic mass is 16.7. The number of nitrogens with zero attached hydrogens (tertiary/aromatic N) is 2. The van der Waals surface area contributed by atoms with E-state index in [0.29, 0.717) is 18.4 Å². The Morgan fingerprint density at radius 3 is 2.53 bits per heavy atom. The van der Waals surface area contributed by atoms with Crippen molar-refractivity contribution in [3.05, 3.63) is 53.6 Å². The smallest absolute Gasteiger partial charge is 0.236 e. The molecule has 1 amide bonds. The van der Waals surface area contributed by atoms with E-state index in [1.165, 1.54) is 11.1 Å². The number of methoxy groups -OCH3 is 1. The van der Waals surface area contributed by atoms with E-state index >= 15 is 0 Å². The first-order valence-corrected chi connectivity index (χ1v) is 11.5. The maximum atomic E-state index is 13.2. The average Bonchev–Trinajstić information content (AvgIpc) is 3.43.